The van der Waals surface area contributed by atoms with Gasteiger partial charge < -0.3 is 10.2 Å². The summed E-state index contributed by atoms with van der Waals surface area (Å²) in [4.78, 5) is 14.5. The van der Waals surface area contributed by atoms with Gasteiger partial charge in [0.25, 0.3) is 0 Å². The number of likely N-dealkylation sites (tertiary alicyclic amines) is 1. The van der Waals surface area contributed by atoms with E-state index >= 15 is 0 Å². The highest BCUT2D eigenvalue weighted by molar-refractivity contribution is 5.85. The van der Waals surface area contributed by atoms with Crippen molar-refractivity contribution in [1.29, 1.82) is 0 Å². The highest BCUT2D eigenvalue weighted by atomic mass is 35.5. The number of hydrogen-bond acceptors (Lipinski definition) is 2. The first-order valence-electron chi connectivity index (χ1n) is 8.96. The molecule has 140 valence electrons. The van der Waals surface area contributed by atoms with Crippen molar-refractivity contribution in [2.45, 2.75) is 57.5 Å². The maximum absolute atomic E-state index is 12.9. The lowest BCUT2D eigenvalue weighted by atomic mass is 9.71. The number of alkyl halides is 3. The molecule has 0 radical (unpaired) electrons. The van der Waals surface area contributed by atoms with Crippen LogP contribution in [0.25, 0.3) is 0 Å². The van der Waals surface area contributed by atoms with Crippen molar-refractivity contribution in [2.75, 3.05) is 26.2 Å². The third kappa shape index (κ3) is 4.37. The summed E-state index contributed by atoms with van der Waals surface area (Å²) in [7, 11) is 0. The second kappa shape index (κ2) is 7.81. The van der Waals surface area contributed by atoms with E-state index in [4.69, 9.17) is 0 Å². The first-order chi connectivity index (χ1) is 10.9. The van der Waals surface area contributed by atoms with Gasteiger partial charge in [0.2, 0.25) is 5.91 Å². The number of hydrogen-bond donors (Lipinski definition) is 1. The van der Waals surface area contributed by atoms with E-state index in [0.29, 0.717) is 18.3 Å². The molecule has 0 bridgehead atoms. The maximum atomic E-state index is 12.9. The average Bonchev–Trinajstić information content (AvgIpc) is 2.55. The van der Waals surface area contributed by atoms with Gasteiger partial charge in [0.1, 0.15) is 0 Å². The summed E-state index contributed by atoms with van der Waals surface area (Å²) in [6.07, 6.45) is 1.51. The lowest BCUT2D eigenvalue weighted by molar-refractivity contribution is -0.187. The molecule has 3 aliphatic rings. The normalized spacial score (nSPS) is 30.7. The van der Waals surface area contributed by atoms with Crippen molar-refractivity contribution in [3.8, 4) is 0 Å². The maximum Gasteiger partial charge on any atom is 0.391 e. The number of rotatable bonds is 1. The molecule has 0 aromatic heterocycles. The molecule has 2 atom stereocenters. The molecule has 2 heterocycles. The zero-order valence-electron chi connectivity index (χ0n) is 14.0. The number of carbonyl (C=O) groups is 1. The molecular weight excluding hydrogens is 341 g/mol. The van der Waals surface area contributed by atoms with Gasteiger partial charge in [-0.25, -0.2) is 0 Å². The van der Waals surface area contributed by atoms with Crippen molar-refractivity contribution in [3.63, 3.8) is 0 Å². The number of piperidine rings is 2. The molecule has 3 nitrogen and oxygen atoms in total. The molecule has 0 aromatic carbocycles. The Morgan fingerprint density at radius 3 is 2.25 bits per heavy atom. The minimum atomic E-state index is -4.15. The molecule has 3 rings (SSSR count). The Balaban J connectivity index is 0.00000208. The number of carbonyl (C=O) groups excluding carboxylic acids is 1. The Morgan fingerprint density at radius 2 is 1.67 bits per heavy atom. The van der Waals surface area contributed by atoms with Crippen molar-refractivity contribution < 1.29 is 18.0 Å². The fourth-order valence-electron chi connectivity index (χ4n) is 4.63. The van der Waals surface area contributed by atoms with E-state index in [1.165, 1.54) is 0 Å². The predicted octanol–water partition coefficient (Wildman–Crippen LogP) is 3.77. The van der Waals surface area contributed by atoms with E-state index in [0.717, 1.165) is 51.9 Å². The van der Waals surface area contributed by atoms with Crippen LogP contribution in [0.15, 0.2) is 0 Å². The van der Waals surface area contributed by atoms with Crippen molar-refractivity contribution in [3.05, 3.63) is 0 Å². The fourth-order valence-corrected chi connectivity index (χ4v) is 4.63. The molecule has 24 heavy (non-hydrogen) atoms. The van der Waals surface area contributed by atoms with E-state index in [1.54, 1.807) is 0 Å². The summed E-state index contributed by atoms with van der Waals surface area (Å²) in [5, 5.41) is 3.37. The molecule has 2 aliphatic heterocycles. The summed E-state index contributed by atoms with van der Waals surface area (Å²) in [5.41, 5.74) is 0.364. The number of amides is 1. The largest absolute Gasteiger partial charge is 0.391 e. The Kier molecular flexibility index (Phi) is 6.46. The summed E-state index contributed by atoms with van der Waals surface area (Å²) in [5.74, 6) is -1.73. The van der Waals surface area contributed by atoms with Gasteiger partial charge >= 0.3 is 6.18 Å². The van der Waals surface area contributed by atoms with Gasteiger partial charge in [0.15, 0.2) is 0 Å². The molecule has 1 amide bonds. The molecule has 3 fully saturated rings. The van der Waals surface area contributed by atoms with Gasteiger partial charge in [-0.3, -0.25) is 4.79 Å². The van der Waals surface area contributed by atoms with Crippen molar-refractivity contribution in [2.24, 2.45) is 17.3 Å². The molecule has 1 spiro atoms. The van der Waals surface area contributed by atoms with E-state index in [-0.39, 0.29) is 31.2 Å². The molecule has 1 saturated carbocycles. The minimum absolute atomic E-state index is 0. The summed E-state index contributed by atoms with van der Waals surface area (Å²) < 4.78 is 38.8. The Bertz CT molecular complexity index is 428. The third-order valence-electron chi connectivity index (χ3n) is 6.29. The predicted molar refractivity (Wildman–Crippen MR) is 89.1 cm³/mol. The third-order valence-corrected chi connectivity index (χ3v) is 6.29. The van der Waals surface area contributed by atoms with Crippen LogP contribution in [0.1, 0.15) is 51.4 Å². The number of nitrogens with zero attached hydrogens (tertiary/aromatic N) is 1. The minimum Gasteiger partial charge on any atom is -0.342 e. The smallest absolute Gasteiger partial charge is 0.342 e. The lowest BCUT2D eigenvalue weighted by Gasteiger charge is -2.45. The van der Waals surface area contributed by atoms with Crippen LogP contribution >= 0.6 is 12.4 Å². The van der Waals surface area contributed by atoms with Gasteiger partial charge in [-0.05, 0) is 63.5 Å². The van der Waals surface area contributed by atoms with E-state index in [9.17, 15) is 18.0 Å². The zero-order valence-corrected chi connectivity index (χ0v) is 14.9. The summed E-state index contributed by atoms with van der Waals surface area (Å²) in [6, 6.07) is 0. The molecular formula is C17H28ClF3N2O. The average molecular weight is 369 g/mol. The highest BCUT2D eigenvalue weighted by Gasteiger charge is 2.45. The first-order valence-corrected chi connectivity index (χ1v) is 8.96. The quantitative estimate of drug-likeness (QED) is 0.764. The van der Waals surface area contributed by atoms with Crippen LogP contribution in [0, 0.1) is 17.3 Å². The lowest BCUT2D eigenvalue weighted by Crippen LogP contribution is -2.49. The zero-order chi connectivity index (χ0) is 16.5. The fraction of sp³-hybridized carbons (Fsp3) is 0.941. The van der Waals surface area contributed by atoms with E-state index in [1.807, 2.05) is 4.90 Å². The number of halogens is 4. The van der Waals surface area contributed by atoms with Crippen LogP contribution in [0.4, 0.5) is 13.2 Å². The van der Waals surface area contributed by atoms with Gasteiger partial charge in [0, 0.05) is 19.0 Å². The van der Waals surface area contributed by atoms with Crippen LogP contribution in [0.2, 0.25) is 0 Å². The van der Waals surface area contributed by atoms with Crippen molar-refractivity contribution in [1.82, 2.24) is 10.2 Å². The van der Waals surface area contributed by atoms with Crippen LogP contribution in [-0.2, 0) is 4.79 Å². The second-order valence-corrected chi connectivity index (χ2v) is 7.68. The Labute approximate surface area is 148 Å². The molecule has 7 heteroatoms. The van der Waals surface area contributed by atoms with Crippen molar-refractivity contribution >= 4 is 18.3 Å². The monoisotopic (exact) mass is 368 g/mol. The summed E-state index contributed by atoms with van der Waals surface area (Å²) in [6.45, 7) is 3.55. The molecule has 2 saturated heterocycles. The van der Waals surface area contributed by atoms with Gasteiger partial charge in [-0.15, -0.1) is 12.4 Å². The number of nitrogens with one attached hydrogen (secondary N) is 1. The molecule has 1 N–H and O–H groups in total. The van der Waals surface area contributed by atoms with Crippen LogP contribution in [-0.4, -0.2) is 43.2 Å². The van der Waals surface area contributed by atoms with Gasteiger partial charge in [0.05, 0.1) is 5.92 Å². The molecule has 1 aliphatic carbocycles. The first kappa shape index (κ1) is 19.8. The van der Waals surface area contributed by atoms with Gasteiger partial charge in [-0.2, -0.15) is 13.2 Å². The molecule has 0 aromatic rings. The molecule has 2 unspecified atom stereocenters. The standard InChI is InChI=1S/C17H27F3N2O.ClH/c18-17(19,20)14-3-1-2-13(12-14)15(23)22-10-6-16(7-11-22)4-8-21-9-5-16;/h13-14,21H,1-12H2;1H. The second-order valence-electron chi connectivity index (χ2n) is 7.68. The Morgan fingerprint density at radius 1 is 1.04 bits per heavy atom. The van der Waals surface area contributed by atoms with Crippen LogP contribution in [0.5, 0.6) is 0 Å². The van der Waals surface area contributed by atoms with Crippen LogP contribution < -0.4 is 5.32 Å². The highest BCUT2D eigenvalue weighted by Crippen LogP contribution is 2.42. The van der Waals surface area contributed by atoms with Gasteiger partial charge in [-0.1, -0.05) is 6.42 Å². The van der Waals surface area contributed by atoms with Crippen LogP contribution in [0.3, 0.4) is 0 Å². The Hall–Kier alpha value is -0.490. The topological polar surface area (TPSA) is 32.3 Å². The van der Waals surface area contributed by atoms with E-state index in [2.05, 4.69) is 5.32 Å². The SMILES string of the molecule is Cl.O=C(C1CCCC(C(F)(F)F)C1)N1CCC2(CCNCC2)CC1. The summed E-state index contributed by atoms with van der Waals surface area (Å²) >= 11 is 0. The van der Waals surface area contributed by atoms with E-state index < -0.39 is 18.0 Å².